The Balaban J connectivity index is 1.30. The van der Waals surface area contributed by atoms with Crippen LogP contribution in [0.1, 0.15) is 11.1 Å². The first-order valence-corrected chi connectivity index (χ1v) is 10.2. The van der Waals surface area contributed by atoms with Crippen LogP contribution in [0.2, 0.25) is 0 Å². The highest BCUT2D eigenvalue weighted by Gasteiger charge is 2.60. The summed E-state index contributed by atoms with van der Waals surface area (Å²) in [6, 6.07) is 20.2. The van der Waals surface area contributed by atoms with Gasteiger partial charge in [0.25, 0.3) is 0 Å². The maximum atomic E-state index is 10.9. The fraction of sp³-hybridized carbons (Fsp3) is 0.417. The van der Waals surface area contributed by atoms with Crippen LogP contribution in [0.4, 0.5) is 0 Å². The number of hydrogen-bond donors (Lipinski definition) is 1. The molecule has 1 aliphatic carbocycles. The first-order valence-electron chi connectivity index (χ1n) is 10.2. The molecule has 0 aromatic heterocycles. The molecule has 152 valence electrons. The Bertz CT molecular complexity index is 839. The highest BCUT2D eigenvalue weighted by atomic mass is 16.7. The van der Waals surface area contributed by atoms with E-state index in [1.165, 1.54) is 0 Å². The molecule has 1 N–H and O–H groups in total. The minimum absolute atomic E-state index is 0.0373. The molecule has 0 spiro atoms. The van der Waals surface area contributed by atoms with Crippen molar-refractivity contribution in [3.05, 3.63) is 83.9 Å². The molecule has 5 rings (SSSR count). The van der Waals surface area contributed by atoms with E-state index in [-0.39, 0.29) is 30.7 Å². The van der Waals surface area contributed by atoms with Crippen molar-refractivity contribution in [1.29, 1.82) is 0 Å². The van der Waals surface area contributed by atoms with Gasteiger partial charge in [-0.15, -0.1) is 0 Å². The molecule has 2 aliphatic heterocycles. The van der Waals surface area contributed by atoms with E-state index >= 15 is 0 Å². The summed E-state index contributed by atoms with van der Waals surface area (Å²) in [6.45, 7) is 1.68. The van der Waals surface area contributed by atoms with Gasteiger partial charge in [0.15, 0.2) is 6.29 Å². The van der Waals surface area contributed by atoms with E-state index in [9.17, 15) is 5.11 Å². The molecule has 0 amide bonds. The minimum atomic E-state index is -0.959. The van der Waals surface area contributed by atoms with E-state index in [1.807, 2.05) is 66.7 Å². The van der Waals surface area contributed by atoms with Gasteiger partial charge < -0.3 is 24.1 Å². The van der Waals surface area contributed by atoms with E-state index in [4.69, 9.17) is 18.9 Å². The molecular formula is C24H26O5. The van der Waals surface area contributed by atoms with Gasteiger partial charge in [0, 0.05) is 5.92 Å². The van der Waals surface area contributed by atoms with Crippen LogP contribution in [0, 0.1) is 11.8 Å². The van der Waals surface area contributed by atoms with Gasteiger partial charge >= 0.3 is 0 Å². The molecule has 0 saturated carbocycles. The van der Waals surface area contributed by atoms with Crippen LogP contribution in [0.15, 0.2) is 72.8 Å². The average Bonchev–Trinajstić information content (AvgIpc) is 3.27. The zero-order valence-electron chi connectivity index (χ0n) is 16.2. The molecule has 5 nitrogen and oxygen atoms in total. The van der Waals surface area contributed by atoms with Crippen molar-refractivity contribution in [3.8, 4) is 0 Å². The highest BCUT2D eigenvalue weighted by Crippen LogP contribution is 2.49. The summed E-state index contributed by atoms with van der Waals surface area (Å²) in [5.74, 6) is -0.0936. The first-order chi connectivity index (χ1) is 14.2. The Morgan fingerprint density at radius 3 is 2.38 bits per heavy atom. The Labute approximate surface area is 170 Å². The van der Waals surface area contributed by atoms with Gasteiger partial charge in [-0.2, -0.15) is 0 Å². The molecule has 2 aromatic rings. The van der Waals surface area contributed by atoms with Crippen LogP contribution in [0.5, 0.6) is 0 Å². The van der Waals surface area contributed by atoms with E-state index in [1.54, 1.807) is 0 Å². The monoisotopic (exact) mass is 394 g/mol. The summed E-state index contributed by atoms with van der Waals surface area (Å²) < 4.78 is 24.3. The maximum Gasteiger partial charge on any atom is 0.164 e. The third kappa shape index (κ3) is 3.77. The van der Waals surface area contributed by atoms with Gasteiger partial charge in [0.2, 0.25) is 0 Å². The van der Waals surface area contributed by atoms with E-state index in [0.29, 0.717) is 19.8 Å². The number of hydrogen-bond acceptors (Lipinski definition) is 5. The second-order valence-electron chi connectivity index (χ2n) is 8.07. The van der Waals surface area contributed by atoms with Gasteiger partial charge in [-0.1, -0.05) is 72.8 Å². The summed E-state index contributed by atoms with van der Waals surface area (Å²) in [6.07, 6.45) is 3.03. The van der Waals surface area contributed by atoms with Gasteiger partial charge in [0.1, 0.15) is 11.7 Å². The molecule has 2 aromatic carbocycles. The first kappa shape index (κ1) is 19.0. The smallest absolute Gasteiger partial charge is 0.164 e. The lowest BCUT2D eigenvalue weighted by molar-refractivity contribution is -0.256. The van der Waals surface area contributed by atoms with E-state index in [2.05, 4.69) is 6.08 Å². The third-order valence-electron chi connectivity index (χ3n) is 6.10. The molecule has 0 radical (unpaired) electrons. The molecule has 2 heterocycles. The molecule has 29 heavy (non-hydrogen) atoms. The van der Waals surface area contributed by atoms with Crippen molar-refractivity contribution in [2.75, 3.05) is 13.2 Å². The Hall–Kier alpha value is -2.02. The lowest BCUT2D eigenvalue weighted by Gasteiger charge is -2.42. The van der Waals surface area contributed by atoms with Crippen molar-refractivity contribution in [2.45, 2.75) is 37.3 Å². The summed E-state index contributed by atoms with van der Waals surface area (Å²) in [5.41, 5.74) is 1.27. The lowest BCUT2D eigenvalue weighted by atomic mass is 9.79. The Morgan fingerprint density at radius 1 is 0.966 bits per heavy atom. The summed E-state index contributed by atoms with van der Waals surface area (Å²) in [7, 11) is 0. The second kappa shape index (κ2) is 8.01. The molecule has 0 unspecified atom stereocenters. The zero-order valence-corrected chi connectivity index (χ0v) is 16.2. The van der Waals surface area contributed by atoms with Gasteiger partial charge in [-0.25, -0.2) is 0 Å². The molecule has 6 atom stereocenters. The topological polar surface area (TPSA) is 57.2 Å². The number of benzene rings is 2. The van der Waals surface area contributed by atoms with Crippen molar-refractivity contribution < 1.29 is 24.1 Å². The largest absolute Gasteiger partial charge is 0.383 e. The summed E-state index contributed by atoms with van der Waals surface area (Å²) in [4.78, 5) is 0. The van der Waals surface area contributed by atoms with Crippen molar-refractivity contribution in [3.63, 3.8) is 0 Å². The average molecular weight is 394 g/mol. The Morgan fingerprint density at radius 2 is 1.66 bits per heavy atom. The maximum absolute atomic E-state index is 10.9. The van der Waals surface area contributed by atoms with Crippen LogP contribution >= 0.6 is 0 Å². The standard InChI is InChI=1S/C24H26O5/c25-24-12-11-19-21(24)23(28-16-24)29-20(15-26-13-17-7-3-1-4-8-17)22(19)27-14-18-9-5-2-6-10-18/h1-12,19-23,25H,13-16H2/t19-,20+,21+,22-,23-,24+/m0/s1. The molecule has 3 aliphatic rings. The predicted octanol–water partition coefficient (Wildman–Crippen LogP) is 3.08. The van der Waals surface area contributed by atoms with Crippen LogP contribution in [-0.2, 0) is 32.2 Å². The van der Waals surface area contributed by atoms with Crippen molar-refractivity contribution in [2.24, 2.45) is 11.8 Å². The zero-order chi connectivity index (χ0) is 19.7. The van der Waals surface area contributed by atoms with Crippen molar-refractivity contribution >= 4 is 0 Å². The molecule has 5 heteroatoms. The number of ether oxygens (including phenoxy) is 4. The lowest BCUT2D eigenvalue weighted by Crippen LogP contribution is -2.54. The number of rotatable bonds is 7. The molecular weight excluding hydrogens is 368 g/mol. The van der Waals surface area contributed by atoms with E-state index < -0.39 is 11.9 Å². The summed E-state index contributed by atoms with van der Waals surface area (Å²) >= 11 is 0. The van der Waals surface area contributed by atoms with Gasteiger partial charge in [-0.3, -0.25) is 0 Å². The van der Waals surface area contributed by atoms with Crippen LogP contribution in [-0.4, -0.2) is 42.4 Å². The molecule has 0 bridgehead atoms. The van der Waals surface area contributed by atoms with E-state index in [0.717, 1.165) is 11.1 Å². The van der Waals surface area contributed by atoms with Crippen LogP contribution in [0.3, 0.4) is 0 Å². The Kier molecular flexibility index (Phi) is 5.24. The molecule has 2 saturated heterocycles. The fourth-order valence-electron chi connectivity index (χ4n) is 4.64. The SMILES string of the molecule is O[C@]12C=C[C@@H]3[C@H](OCc4ccccc4)[C@@H](COCc4ccccc4)O[C@H](OC1)[C@@H]32. The molecule has 2 fully saturated rings. The van der Waals surface area contributed by atoms with Gasteiger partial charge in [-0.05, 0) is 11.1 Å². The van der Waals surface area contributed by atoms with Crippen LogP contribution in [0.25, 0.3) is 0 Å². The van der Waals surface area contributed by atoms with Crippen LogP contribution < -0.4 is 0 Å². The third-order valence-corrected chi connectivity index (χ3v) is 6.10. The quantitative estimate of drug-likeness (QED) is 0.732. The normalized spacial score (nSPS) is 35.0. The minimum Gasteiger partial charge on any atom is -0.383 e. The summed E-state index contributed by atoms with van der Waals surface area (Å²) in [5, 5.41) is 10.9. The predicted molar refractivity (Wildman–Crippen MR) is 107 cm³/mol. The fourth-order valence-corrected chi connectivity index (χ4v) is 4.64. The second-order valence-corrected chi connectivity index (χ2v) is 8.07. The number of aliphatic hydroxyl groups is 1. The highest BCUT2D eigenvalue weighted by molar-refractivity contribution is 5.23. The van der Waals surface area contributed by atoms with Crippen molar-refractivity contribution in [1.82, 2.24) is 0 Å². The van der Waals surface area contributed by atoms with Gasteiger partial charge in [0.05, 0.1) is 38.4 Å².